The van der Waals surface area contributed by atoms with Gasteiger partial charge in [0.25, 0.3) is 0 Å². The molecule has 108 valence electrons. The highest BCUT2D eigenvalue weighted by atomic mass is 19.1. The fourth-order valence-electron chi connectivity index (χ4n) is 2.93. The highest BCUT2D eigenvalue weighted by Gasteiger charge is 2.11. The van der Waals surface area contributed by atoms with Crippen LogP contribution in [0.3, 0.4) is 0 Å². The molecule has 2 aromatic carbocycles. The number of nitrogens with zero attached hydrogens (tertiary/aromatic N) is 1. The zero-order valence-corrected chi connectivity index (χ0v) is 12.4. The number of aromatic amines is 1. The standard InChI is InChI=1S/C19H15FN2/c1-11-3-7-17-13(9-11)4-8-18(22-17)15-10-21-19-12(2)16(20)6-5-14(15)19/h3-10,21H,1-2H3. The van der Waals surface area contributed by atoms with Crippen molar-refractivity contribution in [2.75, 3.05) is 0 Å². The lowest BCUT2D eigenvalue weighted by Gasteiger charge is -2.04. The van der Waals surface area contributed by atoms with Crippen LogP contribution in [0.5, 0.6) is 0 Å². The first-order valence-electron chi connectivity index (χ1n) is 7.27. The average molecular weight is 290 g/mol. The van der Waals surface area contributed by atoms with Crippen molar-refractivity contribution in [1.82, 2.24) is 9.97 Å². The number of hydrogen-bond donors (Lipinski definition) is 1. The number of benzene rings is 2. The molecule has 0 aliphatic rings. The topological polar surface area (TPSA) is 28.7 Å². The van der Waals surface area contributed by atoms with Crippen molar-refractivity contribution in [2.45, 2.75) is 13.8 Å². The molecule has 1 N–H and O–H groups in total. The van der Waals surface area contributed by atoms with Crippen molar-refractivity contribution in [3.8, 4) is 11.3 Å². The first kappa shape index (κ1) is 13.0. The van der Waals surface area contributed by atoms with E-state index in [9.17, 15) is 4.39 Å². The second-order valence-corrected chi connectivity index (χ2v) is 5.69. The highest BCUT2D eigenvalue weighted by Crippen LogP contribution is 2.31. The van der Waals surface area contributed by atoms with E-state index < -0.39 is 0 Å². The largest absolute Gasteiger partial charge is 0.360 e. The van der Waals surface area contributed by atoms with Gasteiger partial charge in [0.2, 0.25) is 0 Å². The maximum absolute atomic E-state index is 13.7. The quantitative estimate of drug-likeness (QED) is 0.516. The first-order chi connectivity index (χ1) is 10.6. The Morgan fingerprint density at radius 3 is 2.73 bits per heavy atom. The average Bonchev–Trinajstić information content (AvgIpc) is 2.95. The fraction of sp³-hybridized carbons (Fsp3) is 0.105. The van der Waals surface area contributed by atoms with E-state index in [1.807, 2.05) is 24.4 Å². The molecule has 0 aliphatic heterocycles. The van der Waals surface area contributed by atoms with Gasteiger partial charge in [-0.05, 0) is 44.2 Å². The van der Waals surface area contributed by atoms with Crippen molar-refractivity contribution in [2.24, 2.45) is 0 Å². The molecule has 0 fully saturated rings. The summed E-state index contributed by atoms with van der Waals surface area (Å²) >= 11 is 0. The van der Waals surface area contributed by atoms with Gasteiger partial charge in [0.05, 0.1) is 16.7 Å². The van der Waals surface area contributed by atoms with E-state index in [1.54, 1.807) is 6.92 Å². The molecule has 0 unspecified atom stereocenters. The molecule has 0 saturated carbocycles. The molecule has 2 aromatic heterocycles. The fourth-order valence-corrected chi connectivity index (χ4v) is 2.93. The predicted molar refractivity (Wildman–Crippen MR) is 88.5 cm³/mol. The van der Waals surface area contributed by atoms with Crippen LogP contribution in [-0.4, -0.2) is 9.97 Å². The molecule has 0 bridgehead atoms. The number of pyridine rings is 1. The third kappa shape index (κ3) is 1.90. The summed E-state index contributed by atoms with van der Waals surface area (Å²) in [7, 11) is 0. The monoisotopic (exact) mass is 290 g/mol. The maximum atomic E-state index is 13.7. The summed E-state index contributed by atoms with van der Waals surface area (Å²) in [5.74, 6) is -0.192. The van der Waals surface area contributed by atoms with E-state index >= 15 is 0 Å². The summed E-state index contributed by atoms with van der Waals surface area (Å²) in [6, 6.07) is 13.6. The van der Waals surface area contributed by atoms with Gasteiger partial charge in [0.15, 0.2) is 0 Å². The summed E-state index contributed by atoms with van der Waals surface area (Å²) in [4.78, 5) is 7.92. The van der Waals surface area contributed by atoms with Crippen LogP contribution in [0.15, 0.2) is 48.7 Å². The van der Waals surface area contributed by atoms with E-state index in [-0.39, 0.29) is 5.82 Å². The van der Waals surface area contributed by atoms with E-state index in [4.69, 9.17) is 4.98 Å². The lowest BCUT2D eigenvalue weighted by Crippen LogP contribution is -1.86. The zero-order valence-electron chi connectivity index (χ0n) is 12.4. The van der Waals surface area contributed by atoms with Crippen molar-refractivity contribution in [3.05, 3.63) is 65.6 Å². The van der Waals surface area contributed by atoms with E-state index in [0.29, 0.717) is 5.56 Å². The number of aryl methyl sites for hydroxylation is 2. The summed E-state index contributed by atoms with van der Waals surface area (Å²) in [5.41, 5.74) is 5.56. The van der Waals surface area contributed by atoms with Gasteiger partial charge in [-0.15, -0.1) is 0 Å². The third-order valence-corrected chi connectivity index (χ3v) is 4.17. The minimum Gasteiger partial charge on any atom is -0.360 e. The van der Waals surface area contributed by atoms with Gasteiger partial charge in [-0.25, -0.2) is 9.37 Å². The maximum Gasteiger partial charge on any atom is 0.128 e. The molecule has 3 heteroatoms. The summed E-state index contributed by atoms with van der Waals surface area (Å²) in [5, 5.41) is 2.13. The number of nitrogens with one attached hydrogen (secondary N) is 1. The third-order valence-electron chi connectivity index (χ3n) is 4.17. The van der Waals surface area contributed by atoms with Gasteiger partial charge < -0.3 is 4.98 Å². The molecule has 0 radical (unpaired) electrons. The minimum absolute atomic E-state index is 0.192. The highest BCUT2D eigenvalue weighted by molar-refractivity contribution is 5.97. The second-order valence-electron chi connectivity index (χ2n) is 5.69. The molecular weight excluding hydrogens is 275 g/mol. The summed E-state index contributed by atoms with van der Waals surface area (Å²) in [6.07, 6.45) is 1.90. The van der Waals surface area contributed by atoms with Crippen LogP contribution in [0.25, 0.3) is 33.1 Å². The lowest BCUT2D eigenvalue weighted by atomic mass is 10.1. The predicted octanol–water partition coefficient (Wildman–Crippen LogP) is 5.14. The second kappa shape index (κ2) is 4.67. The van der Waals surface area contributed by atoms with Crippen molar-refractivity contribution < 1.29 is 4.39 Å². The summed E-state index contributed by atoms with van der Waals surface area (Å²) < 4.78 is 13.7. The van der Waals surface area contributed by atoms with Gasteiger partial charge in [0.1, 0.15) is 5.82 Å². The number of H-pyrrole nitrogens is 1. The van der Waals surface area contributed by atoms with Gasteiger partial charge >= 0.3 is 0 Å². The van der Waals surface area contributed by atoms with Crippen molar-refractivity contribution in [3.63, 3.8) is 0 Å². The van der Waals surface area contributed by atoms with Crippen LogP contribution in [0.2, 0.25) is 0 Å². The molecule has 4 rings (SSSR count). The van der Waals surface area contributed by atoms with Crippen LogP contribution >= 0.6 is 0 Å². The molecule has 0 amide bonds. The Kier molecular flexibility index (Phi) is 2.76. The normalized spacial score (nSPS) is 11.4. The first-order valence-corrected chi connectivity index (χ1v) is 7.27. The smallest absolute Gasteiger partial charge is 0.128 e. The molecule has 4 aromatic rings. The molecule has 0 spiro atoms. The molecule has 0 aliphatic carbocycles. The Hall–Kier alpha value is -2.68. The van der Waals surface area contributed by atoms with Gasteiger partial charge in [-0.2, -0.15) is 0 Å². The van der Waals surface area contributed by atoms with E-state index in [0.717, 1.165) is 33.1 Å². The van der Waals surface area contributed by atoms with E-state index in [2.05, 4.69) is 30.1 Å². The summed E-state index contributed by atoms with van der Waals surface area (Å²) in [6.45, 7) is 3.86. The molecule has 2 nitrogen and oxygen atoms in total. The number of rotatable bonds is 1. The number of hydrogen-bond acceptors (Lipinski definition) is 1. The van der Waals surface area contributed by atoms with Gasteiger partial charge in [-0.1, -0.05) is 17.7 Å². The Bertz CT molecular complexity index is 1010. The Morgan fingerprint density at radius 2 is 1.86 bits per heavy atom. The molecule has 2 heterocycles. The molecule has 0 atom stereocenters. The van der Waals surface area contributed by atoms with Crippen LogP contribution in [0.1, 0.15) is 11.1 Å². The van der Waals surface area contributed by atoms with Crippen LogP contribution < -0.4 is 0 Å². The molecule has 22 heavy (non-hydrogen) atoms. The molecular formula is C19H15FN2. The van der Waals surface area contributed by atoms with Gasteiger partial charge in [-0.3, -0.25) is 0 Å². The Balaban J connectivity index is 1.95. The number of halogens is 1. The minimum atomic E-state index is -0.192. The van der Waals surface area contributed by atoms with Crippen LogP contribution in [-0.2, 0) is 0 Å². The Labute approximate surface area is 127 Å². The molecule has 0 saturated heterocycles. The van der Waals surface area contributed by atoms with Crippen LogP contribution in [0, 0.1) is 19.7 Å². The SMILES string of the molecule is Cc1ccc2nc(-c3c[nH]c4c(C)c(F)ccc34)ccc2c1. The van der Waals surface area contributed by atoms with Crippen molar-refractivity contribution in [1.29, 1.82) is 0 Å². The van der Waals surface area contributed by atoms with Crippen LogP contribution in [0.4, 0.5) is 4.39 Å². The van der Waals surface area contributed by atoms with E-state index in [1.165, 1.54) is 11.6 Å². The van der Waals surface area contributed by atoms with Gasteiger partial charge in [0, 0.05) is 28.1 Å². The lowest BCUT2D eigenvalue weighted by molar-refractivity contribution is 0.620. The van der Waals surface area contributed by atoms with Crippen molar-refractivity contribution >= 4 is 21.8 Å². The zero-order chi connectivity index (χ0) is 15.3. The Morgan fingerprint density at radius 1 is 1.00 bits per heavy atom. The number of aromatic nitrogens is 2. The number of fused-ring (bicyclic) bond motifs is 2.